The van der Waals surface area contributed by atoms with Crippen LogP contribution >= 0.6 is 0 Å². The zero-order valence-corrected chi connectivity index (χ0v) is 24.4. The zero-order valence-electron chi connectivity index (χ0n) is 24.4. The number of carbonyl (C=O) groups excluding carboxylic acids is 3. The molecule has 10 nitrogen and oxygen atoms in total. The molecule has 10 heteroatoms. The van der Waals surface area contributed by atoms with Crippen LogP contribution in [0.5, 0.6) is 5.75 Å². The molecule has 0 heterocycles. The second-order valence-corrected chi connectivity index (χ2v) is 12.8. The summed E-state index contributed by atoms with van der Waals surface area (Å²) in [6.45, 7) is 6.88. The second-order valence-electron chi connectivity index (χ2n) is 12.8. The summed E-state index contributed by atoms with van der Waals surface area (Å²) >= 11 is 0. The van der Waals surface area contributed by atoms with Crippen LogP contribution in [0.4, 0.5) is 0 Å². The van der Waals surface area contributed by atoms with Crippen LogP contribution in [0.3, 0.4) is 0 Å². The Morgan fingerprint density at radius 2 is 1.81 bits per heavy atom. The van der Waals surface area contributed by atoms with Crippen molar-refractivity contribution >= 4 is 23.2 Å². The lowest BCUT2D eigenvalue weighted by Gasteiger charge is -2.50. The van der Waals surface area contributed by atoms with Gasteiger partial charge in [0.25, 0.3) is 5.91 Å². The molecule has 1 saturated carbocycles. The first-order valence-corrected chi connectivity index (χ1v) is 13.9. The van der Waals surface area contributed by atoms with E-state index in [1.54, 1.807) is 20.2 Å². The van der Waals surface area contributed by atoms with E-state index in [4.69, 9.17) is 5.73 Å². The highest BCUT2D eigenvalue weighted by molar-refractivity contribution is 6.24. The maximum absolute atomic E-state index is 14.0. The number of aliphatic hydroxyl groups excluding tert-OH is 2. The molecular formula is C32H37N3O7. The van der Waals surface area contributed by atoms with Crippen molar-refractivity contribution in [3.05, 3.63) is 70.0 Å². The molecule has 7 N–H and O–H groups in total. The molecule has 1 fully saturated rings. The lowest BCUT2D eigenvalue weighted by molar-refractivity contribution is -0.153. The Labute approximate surface area is 244 Å². The van der Waals surface area contributed by atoms with Crippen LogP contribution in [0.25, 0.3) is 16.9 Å². The summed E-state index contributed by atoms with van der Waals surface area (Å²) in [6.07, 6.45) is 0.263. The molecule has 0 aliphatic heterocycles. The van der Waals surface area contributed by atoms with E-state index in [1.165, 1.54) is 11.0 Å². The standard InChI is InChI=1S/C32H37N3O7/c1-31(2,3)34-14-15-7-6-8-16(11-15)18-9-10-21(36)23-19(18)12-17-13-20-25(35(4)5)27(38)24(30(33)41)29(40)32(20,42)28(39)22(17)26(23)37/h6-11,17,20,25,34,36-37,40,42H,12-14H2,1-5H3,(H2,33,41)/t17-,20-,25-,32-/m0/s1. The lowest BCUT2D eigenvalue weighted by atomic mass is 9.57. The first-order chi connectivity index (χ1) is 19.6. The van der Waals surface area contributed by atoms with E-state index < -0.39 is 58.0 Å². The smallest absolute Gasteiger partial charge is 0.255 e. The number of likely N-dealkylation sites (N-methyl/N-ethyl adjacent to an activating group) is 1. The highest BCUT2D eigenvalue weighted by Gasteiger charge is 2.64. The topological polar surface area (TPSA) is 173 Å². The summed E-state index contributed by atoms with van der Waals surface area (Å²) in [5, 5.41) is 48.6. The van der Waals surface area contributed by atoms with Gasteiger partial charge in [0.15, 0.2) is 11.4 Å². The molecule has 0 spiro atoms. The van der Waals surface area contributed by atoms with Crippen LogP contribution in [0.15, 0.2) is 53.3 Å². The van der Waals surface area contributed by atoms with Gasteiger partial charge in [-0.15, -0.1) is 0 Å². The number of primary amides is 1. The van der Waals surface area contributed by atoms with E-state index in [0.29, 0.717) is 12.1 Å². The molecule has 0 saturated heterocycles. The number of rotatable bonds is 5. The number of nitrogens with zero attached hydrogens (tertiary/aromatic N) is 1. The summed E-state index contributed by atoms with van der Waals surface area (Å²) in [4.78, 5) is 41.0. The highest BCUT2D eigenvalue weighted by Crippen LogP contribution is 2.53. The summed E-state index contributed by atoms with van der Waals surface area (Å²) < 4.78 is 0. The fourth-order valence-electron chi connectivity index (χ4n) is 6.73. The predicted molar refractivity (Wildman–Crippen MR) is 156 cm³/mol. The number of ketones is 2. The normalized spacial score (nSPS) is 25.8. The van der Waals surface area contributed by atoms with Crippen LogP contribution in [0.2, 0.25) is 0 Å². The van der Waals surface area contributed by atoms with Crippen molar-refractivity contribution in [3.63, 3.8) is 0 Å². The number of nitrogens with two attached hydrogens (primary N) is 1. The van der Waals surface area contributed by atoms with Gasteiger partial charge in [0.2, 0.25) is 5.78 Å². The molecule has 4 atom stereocenters. The maximum Gasteiger partial charge on any atom is 0.255 e. The molecule has 5 rings (SSSR count). The molecule has 2 aromatic carbocycles. The summed E-state index contributed by atoms with van der Waals surface area (Å²) in [6, 6.07) is 9.99. The van der Waals surface area contributed by atoms with Gasteiger partial charge >= 0.3 is 0 Å². The number of hydrogen-bond acceptors (Lipinski definition) is 9. The molecule has 3 aliphatic carbocycles. The predicted octanol–water partition coefficient (Wildman–Crippen LogP) is 2.52. The fourth-order valence-corrected chi connectivity index (χ4v) is 6.73. The number of phenolic OH excluding ortho intramolecular Hbond substituents is 1. The minimum atomic E-state index is -2.66. The Morgan fingerprint density at radius 3 is 2.43 bits per heavy atom. The fraction of sp³-hybridized carbons (Fsp3) is 0.406. The average Bonchev–Trinajstić information content (AvgIpc) is 2.89. The van der Waals surface area contributed by atoms with E-state index in [-0.39, 0.29) is 35.3 Å². The quantitative estimate of drug-likeness (QED) is 0.293. The van der Waals surface area contributed by atoms with Crippen molar-refractivity contribution in [2.24, 2.45) is 17.6 Å². The Hall–Kier alpha value is -3.99. The summed E-state index contributed by atoms with van der Waals surface area (Å²) in [5.74, 6) is -6.67. The Balaban J connectivity index is 1.66. The SMILES string of the molecule is CN(C)[C@@H]1C(=O)C(C(N)=O)=C(O)[C@@]2(O)C(=O)C3=C(O)c4c(O)ccc(-c5cccc(CNC(C)(C)C)c5)c4C[C@H]3C[C@@H]12. The number of amides is 1. The van der Waals surface area contributed by atoms with Crippen molar-refractivity contribution in [3.8, 4) is 16.9 Å². The number of carbonyl (C=O) groups is 3. The molecule has 222 valence electrons. The van der Waals surface area contributed by atoms with Crippen LogP contribution in [-0.4, -0.2) is 74.1 Å². The van der Waals surface area contributed by atoms with Crippen LogP contribution in [-0.2, 0) is 27.3 Å². The van der Waals surface area contributed by atoms with Gasteiger partial charge in [-0.1, -0.05) is 24.3 Å². The van der Waals surface area contributed by atoms with E-state index in [9.17, 15) is 34.8 Å². The van der Waals surface area contributed by atoms with E-state index in [2.05, 4.69) is 26.1 Å². The summed E-state index contributed by atoms with van der Waals surface area (Å²) in [5.41, 5.74) is 5.01. The minimum absolute atomic E-state index is 0.0381. The van der Waals surface area contributed by atoms with Gasteiger partial charge in [-0.05, 0) is 88.0 Å². The number of aromatic hydroxyl groups is 1. The zero-order chi connectivity index (χ0) is 30.9. The minimum Gasteiger partial charge on any atom is -0.508 e. The first-order valence-electron chi connectivity index (χ1n) is 13.9. The van der Waals surface area contributed by atoms with Gasteiger partial charge in [-0.3, -0.25) is 19.3 Å². The molecule has 0 aromatic heterocycles. The Kier molecular flexibility index (Phi) is 7.08. The molecule has 42 heavy (non-hydrogen) atoms. The molecule has 3 aliphatic rings. The molecule has 1 amide bonds. The Bertz CT molecular complexity index is 1580. The molecule has 2 aromatic rings. The number of benzene rings is 2. The van der Waals surface area contributed by atoms with Gasteiger partial charge in [-0.25, -0.2) is 0 Å². The van der Waals surface area contributed by atoms with Crippen molar-refractivity contribution in [2.75, 3.05) is 14.1 Å². The largest absolute Gasteiger partial charge is 0.508 e. The molecule has 0 bridgehead atoms. The first kappa shape index (κ1) is 29.5. The van der Waals surface area contributed by atoms with Crippen molar-refractivity contribution in [1.82, 2.24) is 10.2 Å². The number of fused-ring (bicyclic) bond motifs is 3. The number of aliphatic hydroxyl groups is 3. The Morgan fingerprint density at radius 1 is 1.12 bits per heavy atom. The summed E-state index contributed by atoms with van der Waals surface area (Å²) in [7, 11) is 3.15. The van der Waals surface area contributed by atoms with Crippen LogP contribution in [0, 0.1) is 11.8 Å². The van der Waals surface area contributed by atoms with Gasteiger partial charge in [0.1, 0.15) is 22.8 Å². The van der Waals surface area contributed by atoms with Gasteiger partial charge in [0, 0.05) is 23.6 Å². The number of nitrogens with one attached hydrogen (secondary N) is 1. The van der Waals surface area contributed by atoms with Crippen LogP contribution in [0.1, 0.15) is 43.9 Å². The van der Waals surface area contributed by atoms with Crippen molar-refractivity contribution in [2.45, 2.75) is 57.3 Å². The van der Waals surface area contributed by atoms with E-state index >= 15 is 0 Å². The van der Waals surface area contributed by atoms with E-state index in [0.717, 1.165) is 16.7 Å². The van der Waals surface area contributed by atoms with E-state index in [1.807, 2.05) is 24.3 Å². The molecule has 0 unspecified atom stereocenters. The third-order valence-corrected chi connectivity index (χ3v) is 8.67. The second kappa shape index (κ2) is 10.1. The third kappa shape index (κ3) is 4.50. The average molecular weight is 576 g/mol. The van der Waals surface area contributed by atoms with Crippen LogP contribution < -0.4 is 11.1 Å². The van der Waals surface area contributed by atoms with Gasteiger partial charge in [-0.2, -0.15) is 0 Å². The molecule has 0 radical (unpaired) electrons. The van der Waals surface area contributed by atoms with Crippen molar-refractivity contribution in [1.29, 1.82) is 0 Å². The van der Waals surface area contributed by atoms with Gasteiger partial charge in [0.05, 0.1) is 11.6 Å². The number of phenols is 1. The third-order valence-electron chi connectivity index (χ3n) is 8.67. The molecular weight excluding hydrogens is 538 g/mol. The monoisotopic (exact) mass is 575 g/mol. The number of Topliss-reactive ketones (excluding diaryl/α,β-unsaturated/α-hetero) is 2. The number of hydrogen-bond donors (Lipinski definition) is 6. The lowest BCUT2D eigenvalue weighted by Crippen LogP contribution is -2.65. The maximum atomic E-state index is 14.0. The van der Waals surface area contributed by atoms with Gasteiger partial charge < -0.3 is 31.5 Å². The highest BCUT2D eigenvalue weighted by atomic mass is 16.3. The van der Waals surface area contributed by atoms with Crippen molar-refractivity contribution < 1.29 is 34.8 Å².